The fourth-order valence-electron chi connectivity index (χ4n) is 2.59. The van der Waals surface area contributed by atoms with Gasteiger partial charge in [0.15, 0.2) is 0 Å². The molecule has 0 heterocycles. The van der Waals surface area contributed by atoms with E-state index in [0.29, 0.717) is 0 Å². The molecule has 134 valence electrons. The van der Waals surface area contributed by atoms with E-state index in [2.05, 4.69) is 66.7 Å². The van der Waals surface area contributed by atoms with Crippen molar-refractivity contribution in [1.82, 2.24) is 0 Å². The van der Waals surface area contributed by atoms with Gasteiger partial charge in [0.05, 0.1) is 0 Å². The van der Waals surface area contributed by atoms with Crippen LogP contribution in [0.25, 0.3) is 0 Å². The Morgan fingerprint density at radius 2 is 1.43 bits per heavy atom. The van der Waals surface area contributed by atoms with Crippen molar-refractivity contribution in [2.45, 2.75) is 87.0 Å². The zero-order valence-electron chi connectivity index (χ0n) is 17.1. The van der Waals surface area contributed by atoms with Gasteiger partial charge in [0.1, 0.15) is 0 Å². The summed E-state index contributed by atoms with van der Waals surface area (Å²) in [6, 6.07) is 0. The van der Waals surface area contributed by atoms with Crippen LogP contribution in [0.15, 0.2) is 34.9 Å². The van der Waals surface area contributed by atoms with Crippen molar-refractivity contribution >= 4 is 0 Å². The molecular formula is C22H41U-. The molecule has 0 aromatic heterocycles. The summed E-state index contributed by atoms with van der Waals surface area (Å²) in [6.07, 6.45) is 14.8. The summed E-state index contributed by atoms with van der Waals surface area (Å²) in [4.78, 5) is 0. The number of hydrogen-bond acceptors (Lipinski definition) is 0. The minimum Gasteiger partial charge on any atom is -0.358 e. The van der Waals surface area contributed by atoms with Crippen molar-refractivity contribution in [3.05, 3.63) is 42.4 Å². The summed E-state index contributed by atoms with van der Waals surface area (Å²) in [6.45, 7) is 15.4. The second kappa shape index (κ2) is 17.1. The molecule has 0 unspecified atom stereocenters. The van der Waals surface area contributed by atoms with E-state index in [4.69, 9.17) is 0 Å². The number of hydrogen-bond donors (Lipinski definition) is 0. The molecule has 2 rings (SSSR count). The van der Waals surface area contributed by atoms with Crippen LogP contribution >= 0.6 is 0 Å². The minimum absolute atomic E-state index is 0. The number of allylic oxidation sites excluding steroid dienone is 6. The Balaban J connectivity index is -0.000000385. The fourth-order valence-corrected chi connectivity index (χ4v) is 2.59. The zero-order valence-corrected chi connectivity index (χ0v) is 21.3. The average molecular weight is 544 g/mol. The van der Waals surface area contributed by atoms with Crippen molar-refractivity contribution in [3.63, 3.8) is 0 Å². The van der Waals surface area contributed by atoms with E-state index in [0.717, 1.165) is 11.8 Å². The SMILES string of the molecule is CC1=CC=C(C2CC(C)C2)CC(C)=C1.CCC.CCCC.[CH3-].[U]. The van der Waals surface area contributed by atoms with Crippen molar-refractivity contribution in [3.8, 4) is 0 Å². The monoisotopic (exact) mass is 543 g/mol. The molecular weight excluding hydrogens is 502 g/mol. The van der Waals surface area contributed by atoms with Crippen LogP contribution in [-0.2, 0) is 0 Å². The predicted octanol–water partition coefficient (Wildman–Crippen LogP) is 7.93. The van der Waals surface area contributed by atoms with Crippen LogP contribution in [0.5, 0.6) is 0 Å². The Bertz CT molecular complexity index is 352. The van der Waals surface area contributed by atoms with E-state index in [1.165, 1.54) is 49.7 Å². The molecule has 2 aliphatic rings. The Morgan fingerprint density at radius 1 is 0.957 bits per heavy atom. The van der Waals surface area contributed by atoms with E-state index in [9.17, 15) is 0 Å². The first kappa shape index (κ1) is 28.1. The molecule has 0 aliphatic heterocycles. The quantitative estimate of drug-likeness (QED) is 0.310. The molecule has 23 heavy (non-hydrogen) atoms. The molecule has 1 heteroatoms. The van der Waals surface area contributed by atoms with E-state index in [1.54, 1.807) is 5.57 Å². The average Bonchev–Trinajstić information content (AvgIpc) is 2.57. The Labute approximate surface area is 171 Å². The largest absolute Gasteiger partial charge is 0.358 e. The maximum atomic E-state index is 2.36. The standard InChI is InChI=1S/C14H20.C4H10.C3H8.CH3.U/c1-10-4-5-13(7-11(2)6-10)14-8-12(3)9-14;1-3-4-2;1-3-2;;/h4-6,12,14H,7-9H2,1-3H3;3-4H2,1-2H3;3H2,1-2H3;1H3;/q;;;-1;. The molecule has 2 aliphatic carbocycles. The van der Waals surface area contributed by atoms with Gasteiger partial charge in [-0.3, -0.25) is 0 Å². The number of unbranched alkanes of at least 4 members (excludes halogenated alkanes) is 1. The second-order valence-corrected chi connectivity index (χ2v) is 6.80. The molecule has 0 bridgehead atoms. The Kier molecular flexibility index (Phi) is 20.9. The van der Waals surface area contributed by atoms with Crippen LogP contribution in [0.1, 0.15) is 87.0 Å². The van der Waals surface area contributed by atoms with Crippen LogP contribution in [0, 0.1) is 50.4 Å². The minimum atomic E-state index is 0. The van der Waals surface area contributed by atoms with Crippen LogP contribution in [-0.4, -0.2) is 0 Å². The molecule has 0 aromatic carbocycles. The van der Waals surface area contributed by atoms with Gasteiger partial charge in [0, 0.05) is 31.1 Å². The molecule has 0 nitrogen and oxygen atoms in total. The molecule has 0 spiro atoms. The molecule has 0 atom stereocenters. The van der Waals surface area contributed by atoms with Crippen molar-refractivity contribution in [2.24, 2.45) is 11.8 Å². The molecule has 0 aromatic rings. The normalized spacial score (nSPS) is 21.8. The summed E-state index contributed by atoms with van der Waals surface area (Å²) < 4.78 is 0. The van der Waals surface area contributed by atoms with E-state index >= 15 is 0 Å². The first-order valence-electron chi connectivity index (χ1n) is 9.02. The summed E-state index contributed by atoms with van der Waals surface area (Å²) in [5.74, 6) is 1.84. The molecule has 0 N–H and O–H groups in total. The zero-order chi connectivity index (χ0) is 16.3. The van der Waals surface area contributed by atoms with E-state index in [1.807, 2.05) is 0 Å². The fraction of sp³-hybridized carbons (Fsp3) is 0.682. The van der Waals surface area contributed by atoms with Gasteiger partial charge in [-0.2, -0.15) is 0 Å². The van der Waals surface area contributed by atoms with Gasteiger partial charge in [-0.15, -0.1) is 0 Å². The predicted molar refractivity (Wildman–Crippen MR) is 105 cm³/mol. The third-order valence-corrected chi connectivity index (χ3v) is 3.92. The van der Waals surface area contributed by atoms with Crippen LogP contribution in [0.2, 0.25) is 0 Å². The van der Waals surface area contributed by atoms with Gasteiger partial charge in [-0.1, -0.05) is 88.8 Å². The first-order valence-corrected chi connectivity index (χ1v) is 9.02. The maximum absolute atomic E-state index is 2.36. The smallest absolute Gasteiger partial charge is 0 e. The van der Waals surface area contributed by atoms with Gasteiger partial charge in [-0.25, -0.2) is 0 Å². The van der Waals surface area contributed by atoms with Crippen LogP contribution in [0.4, 0.5) is 0 Å². The van der Waals surface area contributed by atoms with Gasteiger partial charge in [0.25, 0.3) is 0 Å². The van der Waals surface area contributed by atoms with Crippen molar-refractivity contribution < 1.29 is 31.1 Å². The summed E-state index contributed by atoms with van der Waals surface area (Å²) in [5, 5.41) is 0. The topological polar surface area (TPSA) is 0 Å². The van der Waals surface area contributed by atoms with Crippen LogP contribution < -0.4 is 0 Å². The third kappa shape index (κ3) is 13.3. The van der Waals surface area contributed by atoms with E-state index < -0.39 is 0 Å². The second-order valence-electron chi connectivity index (χ2n) is 6.80. The van der Waals surface area contributed by atoms with Crippen LogP contribution in [0.3, 0.4) is 0 Å². The van der Waals surface area contributed by atoms with Crippen molar-refractivity contribution in [1.29, 1.82) is 0 Å². The molecule has 0 radical (unpaired) electrons. The Morgan fingerprint density at radius 3 is 1.83 bits per heavy atom. The van der Waals surface area contributed by atoms with E-state index in [-0.39, 0.29) is 38.5 Å². The summed E-state index contributed by atoms with van der Waals surface area (Å²) in [5.41, 5.74) is 4.57. The van der Waals surface area contributed by atoms with Gasteiger partial charge in [-0.05, 0) is 44.9 Å². The van der Waals surface area contributed by atoms with Gasteiger partial charge >= 0.3 is 0 Å². The molecule has 1 saturated carbocycles. The Hall–Kier alpha value is 0.272. The summed E-state index contributed by atoms with van der Waals surface area (Å²) >= 11 is 0. The maximum Gasteiger partial charge on any atom is 0 e. The van der Waals surface area contributed by atoms with Crippen molar-refractivity contribution in [2.75, 3.05) is 0 Å². The molecule has 0 amide bonds. The number of rotatable bonds is 2. The summed E-state index contributed by atoms with van der Waals surface area (Å²) in [7, 11) is 0. The van der Waals surface area contributed by atoms with Gasteiger partial charge < -0.3 is 7.43 Å². The molecule has 0 saturated heterocycles. The molecule has 1 fully saturated rings. The van der Waals surface area contributed by atoms with Gasteiger partial charge in [0.2, 0.25) is 0 Å². The third-order valence-electron chi connectivity index (χ3n) is 3.92. The first-order chi connectivity index (χ1) is 9.98.